The Balaban J connectivity index is 2.38. The second-order valence-corrected chi connectivity index (χ2v) is 3.98. The Morgan fingerprint density at radius 1 is 1.46 bits per heavy atom. The van der Waals surface area contributed by atoms with Crippen molar-refractivity contribution >= 4 is 28.3 Å². The number of halogens is 3. The monoisotopic (exact) mass is 297 g/mol. The first kappa shape index (κ1) is 8.98. The molecular weight excluding hydrogens is 291 g/mol. The van der Waals surface area contributed by atoms with Gasteiger partial charge in [-0.05, 0) is 40.8 Å². The summed E-state index contributed by atoms with van der Waals surface area (Å²) in [5.41, 5.74) is 0.617. The van der Waals surface area contributed by atoms with Gasteiger partial charge >= 0.3 is 6.11 Å². The number of benzene rings is 1. The van der Waals surface area contributed by atoms with Crippen molar-refractivity contribution in [2.24, 2.45) is 0 Å². The fourth-order valence-electron chi connectivity index (χ4n) is 1.12. The lowest BCUT2D eigenvalue weighted by atomic mass is 10.2. The number of ether oxygens (including phenoxy) is 1. The van der Waals surface area contributed by atoms with Gasteiger partial charge in [-0.2, -0.15) is 8.78 Å². The smallest absolute Gasteiger partial charge is 0.415 e. The summed E-state index contributed by atoms with van der Waals surface area (Å²) in [4.78, 5) is 0. The van der Waals surface area contributed by atoms with Gasteiger partial charge < -0.3 is 10.1 Å². The zero-order valence-electron chi connectivity index (χ0n) is 6.48. The molecule has 0 bridgehead atoms. The summed E-state index contributed by atoms with van der Waals surface area (Å²) in [6.07, 6.45) is -3.10. The molecule has 0 saturated heterocycles. The van der Waals surface area contributed by atoms with E-state index >= 15 is 0 Å². The van der Waals surface area contributed by atoms with Crippen molar-refractivity contribution < 1.29 is 13.5 Å². The van der Waals surface area contributed by atoms with Crippen LogP contribution in [0.4, 0.5) is 14.5 Å². The Labute approximate surface area is 87.4 Å². The van der Waals surface area contributed by atoms with E-state index in [1.165, 1.54) is 0 Å². The second-order valence-electron chi connectivity index (χ2n) is 2.73. The lowest BCUT2D eigenvalue weighted by molar-refractivity contribution is -0.166. The van der Waals surface area contributed by atoms with E-state index < -0.39 is 12.7 Å². The van der Waals surface area contributed by atoms with E-state index in [2.05, 4.69) is 10.1 Å². The molecule has 1 heterocycles. The molecule has 70 valence electrons. The Bertz CT molecular complexity index is 343. The van der Waals surface area contributed by atoms with E-state index in [1.807, 2.05) is 28.7 Å². The van der Waals surface area contributed by atoms with Crippen LogP contribution < -0.4 is 10.1 Å². The summed E-state index contributed by atoms with van der Waals surface area (Å²) >= 11 is 2.05. The fourth-order valence-corrected chi connectivity index (χ4v) is 1.58. The van der Waals surface area contributed by atoms with E-state index in [4.69, 9.17) is 0 Å². The highest BCUT2D eigenvalue weighted by atomic mass is 127. The molecule has 1 aromatic carbocycles. The first-order chi connectivity index (χ1) is 6.07. The molecule has 2 nitrogen and oxygen atoms in total. The van der Waals surface area contributed by atoms with E-state index in [1.54, 1.807) is 12.1 Å². The Morgan fingerprint density at radius 3 is 3.00 bits per heavy atom. The predicted octanol–water partition coefficient (Wildman–Crippen LogP) is 2.69. The number of hydrogen-bond donors (Lipinski definition) is 1. The molecule has 1 aromatic rings. The second kappa shape index (κ2) is 2.97. The van der Waals surface area contributed by atoms with Gasteiger partial charge in [-0.15, -0.1) is 0 Å². The molecule has 1 N–H and O–H groups in total. The highest BCUT2D eigenvalue weighted by Crippen LogP contribution is 2.35. The van der Waals surface area contributed by atoms with Crippen molar-refractivity contribution in [2.45, 2.75) is 6.11 Å². The number of anilines is 1. The van der Waals surface area contributed by atoms with Gasteiger partial charge in [0.25, 0.3) is 0 Å². The maximum atomic E-state index is 12.7. The molecule has 1 aliphatic heterocycles. The van der Waals surface area contributed by atoms with Crippen LogP contribution in [0.5, 0.6) is 5.75 Å². The van der Waals surface area contributed by atoms with Gasteiger partial charge in [0.2, 0.25) is 0 Å². The van der Waals surface area contributed by atoms with Gasteiger partial charge in [0.15, 0.2) is 5.75 Å². The van der Waals surface area contributed by atoms with Crippen LogP contribution in [0, 0.1) is 3.57 Å². The van der Waals surface area contributed by atoms with Crippen molar-refractivity contribution in [3.8, 4) is 5.75 Å². The third-order valence-electron chi connectivity index (χ3n) is 1.69. The molecular formula is C8H6F2INO. The summed E-state index contributed by atoms with van der Waals surface area (Å²) in [6.45, 7) is -0.472. The number of rotatable bonds is 0. The molecule has 13 heavy (non-hydrogen) atoms. The number of fused-ring (bicyclic) bond motifs is 1. The largest absolute Gasteiger partial charge is 0.429 e. The Morgan fingerprint density at radius 2 is 2.23 bits per heavy atom. The minimum atomic E-state index is -3.10. The molecule has 2 rings (SSSR count). The van der Waals surface area contributed by atoms with Crippen LogP contribution in [0.25, 0.3) is 0 Å². The maximum Gasteiger partial charge on any atom is 0.415 e. The number of alkyl halides is 2. The Kier molecular flexibility index (Phi) is 2.05. The topological polar surface area (TPSA) is 21.3 Å². The van der Waals surface area contributed by atoms with Crippen molar-refractivity contribution in [1.82, 2.24) is 0 Å². The summed E-state index contributed by atoms with van der Waals surface area (Å²) < 4.78 is 30.8. The number of hydrogen-bond acceptors (Lipinski definition) is 2. The third-order valence-corrected chi connectivity index (χ3v) is 2.36. The molecule has 0 unspecified atom stereocenters. The van der Waals surface area contributed by atoms with E-state index in [0.717, 1.165) is 3.57 Å². The zero-order valence-corrected chi connectivity index (χ0v) is 8.64. The lowest BCUT2D eigenvalue weighted by Crippen LogP contribution is -2.37. The van der Waals surface area contributed by atoms with Gasteiger partial charge in [0.05, 0.1) is 5.69 Å². The summed E-state index contributed by atoms with van der Waals surface area (Å²) in [5.74, 6) is 0.211. The Hall–Kier alpha value is -0.590. The van der Waals surface area contributed by atoms with Gasteiger partial charge in [0, 0.05) is 3.57 Å². The van der Waals surface area contributed by atoms with Crippen LogP contribution in [0.3, 0.4) is 0 Å². The molecule has 0 radical (unpaired) electrons. The molecule has 0 spiro atoms. The predicted molar refractivity (Wildman–Crippen MR) is 53.2 cm³/mol. The standard InChI is InChI=1S/C8H6F2INO/c9-8(10)4-12-6-2-1-5(11)3-7(6)13-8/h1-3,12H,4H2. The molecule has 0 atom stereocenters. The number of nitrogens with one attached hydrogen (secondary N) is 1. The van der Waals surface area contributed by atoms with Crippen molar-refractivity contribution in [1.29, 1.82) is 0 Å². The fraction of sp³-hybridized carbons (Fsp3) is 0.250. The lowest BCUT2D eigenvalue weighted by Gasteiger charge is -2.26. The van der Waals surface area contributed by atoms with Crippen LogP contribution in [0.15, 0.2) is 18.2 Å². The van der Waals surface area contributed by atoms with E-state index in [-0.39, 0.29) is 5.75 Å². The van der Waals surface area contributed by atoms with Crippen LogP contribution in [0.1, 0.15) is 0 Å². The minimum Gasteiger partial charge on any atom is -0.429 e. The van der Waals surface area contributed by atoms with Crippen molar-refractivity contribution in [3.63, 3.8) is 0 Å². The molecule has 5 heteroatoms. The molecule has 0 saturated carbocycles. The van der Waals surface area contributed by atoms with E-state index in [0.29, 0.717) is 5.69 Å². The average Bonchev–Trinajstić information content (AvgIpc) is 2.01. The molecule has 1 aliphatic rings. The highest BCUT2D eigenvalue weighted by molar-refractivity contribution is 14.1. The highest BCUT2D eigenvalue weighted by Gasteiger charge is 2.36. The maximum absolute atomic E-state index is 12.7. The van der Waals surface area contributed by atoms with Gasteiger partial charge in [-0.3, -0.25) is 0 Å². The van der Waals surface area contributed by atoms with Crippen LogP contribution in [-0.2, 0) is 0 Å². The van der Waals surface area contributed by atoms with Crippen LogP contribution >= 0.6 is 22.6 Å². The molecule has 0 aliphatic carbocycles. The SMILES string of the molecule is FC1(F)CNc2ccc(I)cc2O1. The summed E-state index contributed by atoms with van der Waals surface area (Å²) in [7, 11) is 0. The molecule has 0 amide bonds. The van der Waals surface area contributed by atoms with Gasteiger partial charge in [-0.1, -0.05) is 0 Å². The first-order valence-electron chi connectivity index (χ1n) is 3.67. The first-order valence-corrected chi connectivity index (χ1v) is 4.75. The van der Waals surface area contributed by atoms with Crippen molar-refractivity contribution in [3.05, 3.63) is 21.8 Å². The molecule has 0 aromatic heterocycles. The van der Waals surface area contributed by atoms with Crippen LogP contribution in [-0.4, -0.2) is 12.7 Å². The van der Waals surface area contributed by atoms with Gasteiger partial charge in [0.1, 0.15) is 6.54 Å². The molecule has 0 fully saturated rings. The third kappa shape index (κ3) is 1.84. The average molecular weight is 297 g/mol. The minimum absolute atomic E-state index is 0.211. The van der Waals surface area contributed by atoms with Gasteiger partial charge in [-0.25, -0.2) is 0 Å². The zero-order chi connectivity index (χ0) is 9.47. The quantitative estimate of drug-likeness (QED) is 0.743. The summed E-state index contributed by atoms with van der Waals surface area (Å²) in [5, 5.41) is 2.60. The van der Waals surface area contributed by atoms with E-state index in [9.17, 15) is 8.78 Å². The van der Waals surface area contributed by atoms with Crippen molar-refractivity contribution in [2.75, 3.05) is 11.9 Å². The van der Waals surface area contributed by atoms with Crippen LogP contribution in [0.2, 0.25) is 0 Å². The normalized spacial score (nSPS) is 18.4. The summed E-state index contributed by atoms with van der Waals surface area (Å²) in [6, 6.07) is 5.14.